The summed E-state index contributed by atoms with van der Waals surface area (Å²) < 4.78 is 0. The molecule has 1 aliphatic rings. The smallest absolute Gasteiger partial charge is 0.247 e. The van der Waals surface area contributed by atoms with Gasteiger partial charge in [-0.05, 0) is 43.1 Å². The number of rotatable bonds is 8. The van der Waals surface area contributed by atoms with Gasteiger partial charge in [0.2, 0.25) is 11.8 Å². The predicted octanol–water partition coefficient (Wildman–Crippen LogP) is 3.94. The highest BCUT2D eigenvalue weighted by Crippen LogP contribution is 2.27. The highest BCUT2D eigenvalue weighted by Gasteiger charge is 2.39. The summed E-state index contributed by atoms with van der Waals surface area (Å²) in [6, 6.07) is 20.5. The fourth-order valence-corrected chi connectivity index (χ4v) is 3.99. The first kappa shape index (κ1) is 21.8. The van der Waals surface area contributed by atoms with Crippen LogP contribution in [0.2, 0.25) is 0 Å². The Morgan fingerprint density at radius 1 is 1.07 bits per heavy atom. The topological polar surface area (TPSA) is 61.8 Å². The fourth-order valence-electron chi connectivity index (χ4n) is 3.62. The van der Waals surface area contributed by atoms with Gasteiger partial charge in [0.05, 0.1) is 0 Å². The van der Waals surface area contributed by atoms with Crippen LogP contribution < -0.4 is 5.32 Å². The van der Waals surface area contributed by atoms with Gasteiger partial charge in [-0.2, -0.15) is 0 Å². The predicted molar refractivity (Wildman–Crippen MR) is 124 cm³/mol. The average Bonchev–Trinajstić information content (AvgIpc) is 2.76. The number of thiocarbonyl (C=S) groups is 1. The Balaban J connectivity index is 1.71. The molecule has 5 nitrogen and oxygen atoms in total. The monoisotopic (exact) mass is 421 g/mol. The summed E-state index contributed by atoms with van der Waals surface area (Å²) in [4.78, 5) is 31.1. The largest absolute Gasteiger partial charge is 0.302 e. The molecule has 6 heteroatoms. The van der Waals surface area contributed by atoms with Crippen LogP contribution in [0, 0.1) is 5.92 Å². The fraction of sp³-hybridized carbons (Fsp3) is 0.333. The molecular weight excluding hydrogens is 394 g/mol. The number of carbonyl (C=O) groups excluding carboxylic acids is 2. The standard InChI is InChI=1S/C24H27N3O2S/c1-3-17(2)27-23(29)21(22(28)26-24(27)30)16-25-15-14-20(18-10-6-4-7-11-18)19-12-8-5-9-13-19/h4-13,16-17,20-21H,3,14-15H2,1-2H3,(H,26,28,30)/t17-,21-/m0/s1. The van der Waals surface area contributed by atoms with Gasteiger partial charge in [0, 0.05) is 24.7 Å². The Labute approximate surface area is 183 Å². The first-order valence-corrected chi connectivity index (χ1v) is 10.7. The summed E-state index contributed by atoms with van der Waals surface area (Å²) in [5.41, 5.74) is 2.44. The number of nitrogens with one attached hydrogen (secondary N) is 1. The number of aliphatic imine (C=N–C) groups is 1. The van der Waals surface area contributed by atoms with E-state index in [4.69, 9.17) is 12.2 Å². The van der Waals surface area contributed by atoms with Crippen molar-refractivity contribution in [3.63, 3.8) is 0 Å². The van der Waals surface area contributed by atoms with E-state index in [0.717, 1.165) is 12.8 Å². The van der Waals surface area contributed by atoms with Crippen molar-refractivity contribution in [1.29, 1.82) is 0 Å². The highest BCUT2D eigenvalue weighted by atomic mass is 32.1. The summed E-state index contributed by atoms with van der Waals surface area (Å²) in [5.74, 6) is -1.44. The molecule has 2 atom stereocenters. The van der Waals surface area contributed by atoms with Crippen molar-refractivity contribution in [1.82, 2.24) is 10.2 Å². The number of nitrogens with zero attached hydrogens (tertiary/aromatic N) is 2. The van der Waals surface area contributed by atoms with E-state index in [9.17, 15) is 9.59 Å². The summed E-state index contributed by atoms with van der Waals surface area (Å²) >= 11 is 5.18. The zero-order valence-corrected chi connectivity index (χ0v) is 18.1. The zero-order valence-electron chi connectivity index (χ0n) is 17.3. The lowest BCUT2D eigenvalue weighted by molar-refractivity contribution is -0.139. The number of hydrogen-bond donors (Lipinski definition) is 1. The lowest BCUT2D eigenvalue weighted by Gasteiger charge is -2.34. The van der Waals surface area contributed by atoms with Crippen molar-refractivity contribution in [2.75, 3.05) is 6.54 Å². The van der Waals surface area contributed by atoms with E-state index in [1.165, 1.54) is 22.2 Å². The van der Waals surface area contributed by atoms with Crippen LogP contribution in [0.4, 0.5) is 0 Å². The number of hydrogen-bond acceptors (Lipinski definition) is 4. The first-order chi connectivity index (χ1) is 14.5. The lowest BCUT2D eigenvalue weighted by atomic mass is 9.88. The molecule has 1 N–H and O–H groups in total. The van der Waals surface area contributed by atoms with Crippen LogP contribution in [0.5, 0.6) is 0 Å². The third-order valence-corrected chi connectivity index (χ3v) is 5.77. The molecule has 1 saturated heterocycles. The molecule has 0 unspecified atom stereocenters. The van der Waals surface area contributed by atoms with Gasteiger partial charge in [0.1, 0.15) is 0 Å². The van der Waals surface area contributed by atoms with Gasteiger partial charge in [-0.25, -0.2) is 0 Å². The SMILES string of the molecule is CC[C@H](C)N1C(=O)[C@@H](C=NCCC(c2ccccc2)c2ccccc2)C(=O)NC1=S. The maximum atomic E-state index is 12.8. The van der Waals surface area contributed by atoms with E-state index < -0.39 is 11.8 Å². The van der Waals surface area contributed by atoms with Crippen LogP contribution in [-0.4, -0.2) is 40.6 Å². The van der Waals surface area contributed by atoms with E-state index >= 15 is 0 Å². The molecular formula is C24H27N3O2S. The molecule has 0 radical (unpaired) electrons. The molecule has 0 spiro atoms. The number of amides is 2. The minimum absolute atomic E-state index is 0.0676. The van der Waals surface area contributed by atoms with Gasteiger partial charge in [0.15, 0.2) is 11.0 Å². The molecule has 1 heterocycles. The van der Waals surface area contributed by atoms with Crippen LogP contribution in [0.25, 0.3) is 0 Å². The van der Waals surface area contributed by atoms with E-state index in [2.05, 4.69) is 34.6 Å². The third-order valence-electron chi connectivity index (χ3n) is 5.47. The summed E-state index contributed by atoms with van der Waals surface area (Å²) in [6.45, 7) is 4.41. The minimum atomic E-state index is -0.933. The number of carbonyl (C=O) groups is 2. The average molecular weight is 422 g/mol. The molecule has 0 aliphatic carbocycles. The quantitative estimate of drug-likeness (QED) is 0.399. The molecule has 2 aromatic carbocycles. The van der Waals surface area contributed by atoms with E-state index in [1.807, 2.05) is 50.2 Å². The van der Waals surface area contributed by atoms with Gasteiger partial charge in [-0.15, -0.1) is 0 Å². The van der Waals surface area contributed by atoms with Crippen molar-refractivity contribution in [3.05, 3.63) is 71.8 Å². The Kier molecular flexibility index (Phi) is 7.46. The summed E-state index contributed by atoms with van der Waals surface area (Å²) in [6.07, 6.45) is 3.00. The highest BCUT2D eigenvalue weighted by molar-refractivity contribution is 7.80. The van der Waals surface area contributed by atoms with Crippen molar-refractivity contribution in [2.24, 2.45) is 10.9 Å². The third kappa shape index (κ3) is 5.00. The molecule has 2 aromatic rings. The first-order valence-electron chi connectivity index (χ1n) is 10.3. The maximum absolute atomic E-state index is 12.8. The Bertz CT molecular complexity index is 875. The molecule has 30 heavy (non-hydrogen) atoms. The Hall–Kier alpha value is -2.86. The second-order valence-electron chi connectivity index (χ2n) is 7.46. The maximum Gasteiger partial charge on any atom is 0.247 e. The molecule has 0 bridgehead atoms. The molecule has 0 saturated carbocycles. The van der Waals surface area contributed by atoms with Gasteiger partial charge in [-0.3, -0.25) is 19.5 Å². The Morgan fingerprint density at radius 3 is 2.17 bits per heavy atom. The van der Waals surface area contributed by atoms with Crippen LogP contribution in [0.3, 0.4) is 0 Å². The molecule has 156 valence electrons. The van der Waals surface area contributed by atoms with Crippen molar-refractivity contribution in [2.45, 2.75) is 38.6 Å². The molecule has 0 aromatic heterocycles. The van der Waals surface area contributed by atoms with Crippen molar-refractivity contribution < 1.29 is 9.59 Å². The summed E-state index contributed by atoms with van der Waals surface area (Å²) in [5, 5.41) is 2.81. The van der Waals surface area contributed by atoms with Crippen LogP contribution in [0.1, 0.15) is 43.7 Å². The van der Waals surface area contributed by atoms with Crippen LogP contribution in [0.15, 0.2) is 65.7 Å². The zero-order chi connectivity index (χ0) is 21.5. The second-order valence-corrected chi connectivity index (χ2v) is 7.84. The van der Waals surface area contributed by atoms with E-state index in [-0.39, 0.29) is 23.0 Å². The van der Waals surface area contributed by atoms with Crippen molar-refractivity contribution >= 4 is 35.4 Å². The lowest BCUT2D eigenvalue weighted by Crippen LogP contribution is -2.60. The second kappa shape index (κ2) is 10.3. The van der Waals surface area contributed by atoms with Gasteiger partial charge < -0.3 is 5.32 Å². The molecule has 3 rings (SSSR count). The molecule has 2 amide bonds. The number of benzene rings is 2. The van der Waals surface area contributed by atoms with Gasteiger partial charge in [0.25, 0.3) is 0 Å². The minimum Gasteiger partial charge on any atom is -0.302 e. The van der Waals surface area contributed by atoms with Crippen LogP contribution >= 0.6 is 12.2 Å². The molecule has 1 fully saturated rings. The van der Waals surface area contributed by atoms with Crippen molar-refractivity contribution in [3.8, 4) is 0 Å². The van der Waals surface area contributed by atoms with Crippen LogP contribution in [-0.2, 0) is 9.59 Å². The Morgan fingerprint density at radius 2 is 1.63 bits per heavy atom. The van der Waals surface area contributed by atoms with E-state index in [0.29, 0.717) is 6.54 Å². The molecule has 1 aliphatic heterocycles. The summed E-state index contributed by atoms with van der Waals surface area (Å²) in [7, 11) is 0. The normalized spacial score (nSPS) is 18.2. The van der Waals surface area contributed by atoms with E-state index in [1.54, 1.807) is 0 Å². The van der Waals surface area contributed by atoms with Gasteiger partial charge >= 0.3 is 0 Å². The van der Waals surface area contributed by atoms with Gasteiger partial charge in [-0.1, -0.05) is 67.6 Å².